The van der Waals surface area contributed by atoms with Gasteiger partial charge in [0.05, 0.1) is 6.20 Å². The summed E-state index contributed by atoms with van der Waals surface area (Å²) >= 11 is 1.71. The number of carbonyl (C=O) groups is 1. The normalized spacial score (nSPS) is 12.2. The Morgan fingerprint density at radius 3 is 2.54 bits per heavy atom. The molecule has 1 atom stereocenters. The summed E-state index contributed by atoms with van der Waals surface area (Å²) in [5.41, 5.74) is 2.08. The molecule has 0 saturated carbocycles. The maximum absolute atomic E-state index is 13.2. The third-order valence-electron chi connectivity index (χ3n) is 3.63. The topological polar surface area (TPSA) is 67.2 Å². The van der Waals surface area contributed by atoms with E-state index in [1.807, 2.05) is 31.5 Å². The van der Waals surface area contributed by atoms with Gasteiger partial charge in [0.1, 0.15) is 10.8 Å². The molecule has 0 radical (unpaired) electrons. The van der Waals surface area contributed by atoms with Crippen LogP contribution in [0.1, 0.15) is 24.1 Å². The number of thiophene rings is 1. The highest BCUT2D eigenvalue weighted by molar-refractivity contribution is 7.12. The van der Waals surface area contributed by atoms with Crippen LogP contribution in [0.5, 0.6) is 0 Å². The van der Waals surface area contributed by atoms with Gasteiger partial charge in [-0.3, -0.25) is 4.98 Å². The van der Waals surface area contributed by atoms with Gasteiger partial charge >= 0.3 is 12.1 Å². The Morgan fingerprint density at radius 2 is 1.96 bits per heavy atom. The molecule has 0 spiro atoms. The van der Waals surface area contributed by atoms with Gasteiger partial charge in [-0.25, -0.2) is 9.18 Å². The molecule has 0 aromatic carbocycles. The molecule has 0 saturated heterocycles. The summed E-state index contributed by atoms with van der Waals surface area (Å²) in [7, 11) is 0. The first-order chi connectivity index (χ1) is 13.2. The third-order valence-corrected chi connectivity index (χ3v) is 4.60. The van der Waals surface area contributed by atoms with E-state index in [0.717, 1.165) is 12.1 Å². The van der Waals surface area contributed by atoms with Crippen LogP contribution in [0.25, 0.3) is 5.00 Å². The van der Waals surface area contributed by atoms with Crippen molar-refractivity contribution in [2.24, 2.45) is 0 Å². The van der Waals surface area contributed by atoms with Crippen molar-refractivity contribution >= 4 is 17.3 Å². The molecule has 3 aromatic rings. The fourth-order valence-corrected chi connectivity index (χ4v) is 3.10. The summed E-state index contributed by atoms with van der Waals surface area (Å²) in [5.74, 6) is -3.06. The molecule has 0 aliphatic rings. The summed E-state index contributed by atoms with van der Waals surface area (Å²) in [6.07, 6.45) is 1.91. The summed E-state index contributed by atoms with van der Waals surface area (Å²) in [5, 5.41) is 13.8. The van der Waals surface area contributed by atoms with E-state index >= 15 is 0 Å². The maximum atomic E-state index is 13.2. The van der Waals surface area contributed by atoms with E-state index in [9.17, 15) is 17.6 Å². The van der Waals surface area contributed by atoms with Crippen LogP contribution >= 0.6 is 11.3 Å². The standard InChI is InChI=1S/C16H16FN3S.C2HF3O2/c1-12(14-8-15(17)11-18-9-14)19-10-13-4-7-21-16(13)20-5-2-3-6-20;3-2(4,5)1(6)7/h2-9,11-12,19H,10H2,1H3;(H,6,7). The largest absolute Gasteiger partial charge is 0.490 e. The van der Waals surface area contributed by atoms with Gasteiger partial charge in [-0.1, -0.05) is 0 Å². The Labute approximate surface area is 162 Å². The van der Waals surface area contributed by atoms with Crippen molar-refractivity contribution in [3.8, 4) is 5.00 Å². The van der Waals surface area contributed by atoms with Gasteiger partial charge in [0, 0.05) is 36.7 Å². The minimum absolute atomic E-state index is 0.0469. The van der Waals surface area contributed by atoms with Gasteiger partial charge in [-0.05, 0) is 42.1 Å². The molecule has 150 valence electrons. The molecule has 0 amide bonds. The number of rotatable bonds is 5. The Hall–Kier alpha value is -2.72. The molecule has 2 N–H and O–H groups in total. The molecular formula is C18H17F4N3O2S. The number of aliphatic carboxylic acids is 1. The van der Waals surface area contributed by atoms with Gasteiger partial charge in [0.2, 0.25) is 0 Å². The number of nitrogens with zero attached hydrogens (tertiary/aromatic N) is 2. The molecule has 3 aromatic heterocycles. The van der Waals surface area contributed by atoms with Crippen LogP contribution in [0.3, 0.4) is 0 Å². The third kappa shape index (κ3) is 6.17. The van der Waals surface area contributed by atoms with E-state index in [1.165, 1.54) is 22.8 Å². The zero-order valence-corrected chi connectivity index (χ0v) is 15.5. The number of nitrogens with one attached hydrogen (secondary N) is 1. The van der Waals surface area contributed by atoms with Gasteiger partial charge < -0.3 is 15.0 Å². The molecule has 28 heavy (non-hydrogen) atoms. The maximum Gasteiger partial charge on any atom is 0.490 e. The fraction of sp³-hybridized carbons (Fsp3) is 0.222. The van der Waals surface area contributed by atoms with Crippen molar-refractivity contribution in [1.29, 1.82) is 0 Å². The number of hydrogen-bond donors (Lipinski definition) is 2. The number of aromatic nitrogens is 2. The predicted molar refractivity (Wildman–Crippen MR) is 96.8 cm³/mol. The first-order valence-corrected chi connectivity index (χ1v) is 8.90. The molecule has 0 bridgehead atoms. The van der Waals surface area contributed by atoms with Crippen LogP contribution in [0.4, 0.5) is 17.6 Å². The first-order valence-electron chi connectivity index (χ1n) is 8.02. The lowest BCUT2D eigenvalue weighted by atomic mass is 10.1. The van der Waals surface area contributed by atoms with Gasteiger partial charge in [0.15, 0.2) is 0 Å². The van der Waals surface area contributed by atoms with Crippen LogP contribution in [0, 0.1) is 5.82 Å². The Kier molecular flexibility index (Phi) is 7.30. The lowest BCUT2D eigenvalue weighted by molar-refractivity contribution is -0.192. The summed E-state index contributed by atoms with van der Waals surface area (Å²) in [6.45, 7) is 2.74. The summed E-state index contributed by atoms with van der Waals surface area (Å²) in [4.78, 5) is 12.8. The molecule has 3 rings (SSSR count). The van der Waals surface area contributed by atoms with Gasteiger partial charge in [-0.15, -0.1) is 11.3 Å². The van der Waals surface area contributed by atoms with Crippen molar-refractivity contribution in [2.75, 3.05) is 0 Å². The van der Waals surface area contributed by atoms with Crippen molar-refractivity contribution < 1.29 is 27.5 Å². The predicted octanol–water partition coefficient (Wildman–Crippen LogP) is 4.56. The average Bonchev–Trinajstić information content (AvgIpc) is 3.30. The number of alkyl halides is 3. The van der Waals surface area contributed by atoms with Crippen LogP contribution in [-0.2, 0) is 11.3 Å². The number of carboxylic acids is 1. The second kappa shape index (κ2) is 9.47. The zero-order chi connectivity index (χ0) is 20.7. The minimum Gasteiger partial charge on any atom is -0.475 e. The molecule has 0 aliphatic heterocycles. The van der Waals surface area contributed by atoms with E-state index in [1.54, 1.807) is 17.5 Å². The lowest BCUT2D eigenvalue weighted by Crippen LogP contribution is -2.21. The molecule has 5 nitrogen and oxygen atoms in total. The molecule has 0 fully saturated rings. The second-order valence-corrected chi connectivity index (χ2v) is 6.58. The Morgan fingerprint density at radius 1 is 1.32 bits per heavy atom. The smallest absolute Gasteiger partial charge is 0.475 e. The van der Waals surface area contributed by atoms with Crippen LogP contribution in [0.2, 0.25) is 0 Å². The summed E-state index contributed by atoms with van der Waals surface area (Å²) in [6, 6.07) is 7.70. The highest BCUT2D eigenvalue weighted by atomic mass is 32.1. The van der Waals surface area contributed by atoms with Crippen molar-refractivity contribution in [3.05, 3.63) is 71.4 Å². The van der Waals surface area contributed by atoms with Crippen molar-refractivity contribution in [1.82, 2.24) is 14.9 Å². The number of carboxylic acid groups (broad SMARTS) is 1. The fourth-order valence-electron chi connectivity index (χ4n) is 2.20. The Balaban J connectivity index is 0.000000345. The minimum atomic E-state index is -5.08. The van der Waals surface area contributed by atoms with E-state index in [2.05, 4.69) is 26.3 Å². The van der Waals surface area contributed by atoms with Gasteiger partial charge in [0.25, 0.3) is 0 Å². The lowest BCUT2D eigenvalue weighted by Gasteiger charge is -2.14. The SMILES string of the molecule is CC(NCc1ccsc1-n1cccc1)c1cncc(F)c1.O=C(O)C(F)(F)F. The Bertz CT molecular complexity index is 894. The van der Waals surface area contributed by atoms with E-state index in [-0.39, 0.29) is 11.9 Å². The quantitative estimate of drug-likeness (QED) is 0.600. The van der Waals surface area contributed by atoms with Crippen molar-refractivity contribution in [3.63, 3.8) is 0 Å². The second-order valence-electron chi connectivity index (χ2n) is 5.68. The van der Waals surface area contributed by atoms with Crippen LogP contribution in [0.15, 0.2) is 54.4 Å². The molecule has 0 aliphatic carbocycles. The van der Waals surface area contributed by atoms with E-state index in [4.69, 9.17) is 9.90 Å². The van der Waals surface area contributed by atoms with Crippen LogP contribution < -0.4 is 5.32 Å². The zero-order valence-electron chi connectivity index (χ0n) is 14.7. The average molecular weight is 415 g/mol. The number of hydrogen-bond acceptors (Lipinski definition) is 4. The highest BCUT2D eigenvalue weighted by Crippen LogP contribution is 2.23. The van der Waals surface area contributed by atoms with E-state index < -0.39 is 12.1 Å². The van der Waals surface area contributed by atoms with Crippen molar-refractivity contribution in [2.45, 2.75) is 25.7 Å². The first kappa shape index (κ1) is 21.6. The molecular weight excluding hydrogens is 398 g/mol. The number of halogens is 4. The molecule has 10 heteroatoms. The van der Waals surface area contributed by atoms with Crippen LogP contribution in [-0.4, -0.2) is 26.8 Å². The van der Waals surface area contributed by atoms with E-state index in [0.29, 0.717) is 0 Å². The summed E-state index contributed by atoms with van der Waals surface area (Å²) < 4.78 is 47.0. The number of pyridine rings is 1. The highest BCUT2D eigenvalue weighted by Gasteiger charge is 2.38. The van der Waals surface area contributed by atoms with Gasteiger partial charge in [-0.2, -0.15) is 13.2 Å². The molecule has 3 heterocycles. The monoisotopic (exact) mass is 415 g/mol. The molecule has 1 unspecified atom stereocenters.